The number of carbonyl (C=O) groups is 2. The van der Waals surface area contributed by atoms with Crippen molar-refractivity contribution in [3.63, 3.8) is 0 Å². The second-order valence-corrected chi connectivity index (χ2v) is 4.63. The second-order valence-electron chi connectivity index (χ2n) is 4.63. The van der Waals surface area contributed by atoms with Crippen LogP contribution >= 0.6 is 0 Å². The van der Waals surface area contributed by atoms with E-state index in [1.807, 2.05) is 18.2 Å². The summed E-state index contributed by atoms with van der Waals surface area (Å²) < 4.78 is 0. The highest BCUT2D eigenvalue weighted by Crippen LogP contribution is 2.05. The molecule has 0 spiro atoms. The van der Waals surface area contributed by atoms with Crippen LogP contribution in [-0.4, -0.2) is 31.4 Å². The van der Waals surface area contributed by atoms with Crippen molar-refractivity contribution in [2.45, 2.75) is 25.7 Å². The van der Waals surface area contributed by atoms with E-state index in [1.54, 1.807) is 0 Å². The molecule has 0 aliphatic carbocycles. The molecule has 0 aromatic heterocycles. The molecule has 1 rings (SSSR count). The van der Waals surface area contributed by atoms with Crippen molar-refractivity contribution in [1.29, 1.82) is 0 Å². The van der Waals surface area contributed by atoms with Crippen LogP contribution in [-0.2, 0) is 16.0 Å². The maximum Gasteiger partial charge on any atom is 0.239 e. The molecule has 0 heterocycles. The van der Waals surface area contributed by atoms with Gasteiger partial charge in [-0.25, -0.2) is 0 Å². The van der Waals surface area contributed by atoms with Crippen molar-refractivity contribution in [2.75, 3.05) is 19.6 Å². The molecule has 4 N–H and O–H groups in total. The first-order chi connectivity index (χ1) is 9.72. The Hall–Kier alpha value is -1.88. The molecule has 0 atom stereocenters. The predicted molar refractivity (Wildman–Crippen MR) is 79.1 cm³/mol. The Balaban J connectivity index is 1.96. The number of carbonyl (C=O) groups excluding carboxylic acids is 2. The van der Waals surface area contributed by atoms with Crippen molar-refractivity contribution in [3.8, 4) is 0 Å². The standard InChI is InChI=1S/C15H23N3O2/c16-11-14(19)18-12-15(20)17-10-6-2-5-9-13-7-3-1-4-8-13/h1,3-4,7-8H,2,5-6,9-12,16H2,(H,17,20)(H,18,19). The summed E-state index contributed by atoms with van der Waals surface area (Å²) in [7, 11) is 0. The van der Waals surface area contributed by atoms with E-state index in [0.717, 1.165) is 25.7 Å². The normalized spacial score (nSPS) is 10.1. The fraction of sp³-hybridized carbons (Fsp3) is 0.467. The van der Waals surface area contributed by atoms with Gasteiger partial charge in [0.2, 0.25) is 11.8 Å². The second kappa shape index (κ2) is 9.97. The molecular weight excluding hydrogens is 254 g/mol. The van der Waals surface area contributed by atoms with E-state index in [1.165, 1.54) is 5.56 Å². The minimum absolute atomic E-state index is 0.0000483. The van der Waals surface area contributed by atoms with Gasteiger partial charge in [0.05, 0.1) is 13.1 Å². The zero-order chi connectivity index (χ0) is 14.6. The number of rotatable bonds is 9. The molecule has 110 valence electrons. The first-order valence-electron chi connectivity index (χ1n) is 6.99. The van der Waals surface area contributed by atoms with Crippen LogP contribution in [0, 0.1) is 0 Å². The van der Waals surface area contributed by atoms with Gasteiger partial charge in [-0.3, -0.25) is 9.59 Å². The van der Waals surface area contributed by atoms with Gasteiger partial charge in [0.1, 0.15) is 0 Å². The van der Waals surface area contributed by atoms with E-state index < -0.39 is 0 Å². The van der Waals surface area contributed by atoms with E-state index in [9.17, 15) is 9.59 Å². The summed E-state index contributed by atoms with van der Waals surface area (Å²) in [6, 6.07) is 10.4. The van der Waals surface area contributed by atoms with Crippen LogP contribution in [0.25, 0.3) is 0 Å². The molecular formula is C15H23N3O2. The van der Waals surface area contributed by atoms with Crippen LogP contribution in [0.2, 0.25) is 0 Å². The fourth-order valence-corrected chi connectivity index (χ4v) is 1.82. The molecule has 0 aliphatic heterocycles. The van der Waals surface area contributed by atoms with Crippen molar-refractivity contribution in [1.82, 2.24) is 10.6 Å². The Labute approximate surface area is 119 Å². The minimum Gasteiger partial charge on any atom is -0.355 e. The Morgan fingerprint density at radius 3 is 2.40 bits per heavy atom. The van der Waals surface area contributed by atoms with Crippen molar-refractivity contribution in [3.05, 3.63) is 35.9 Å². The smallest absolute Gasteiger partial charge is 0.239 e. The van der Waals surface area contributed by atoms with Gasteiger partial charge in [-0.05, 0) is 24.8 Å². The van der Waals surface area contributed by atoms with Crippen LogP contribution in [0.5, 0.6) is 0 Å². The summed E-state index contributed by atoms with van der Waals surface area (Å²) in [5.41, 5.74) is 6.47. The average Bonchev–Trinajstić information content (AvgIpc) is 2.49. The van der Waals surface area contributed by atoms with Crippen LogP contribution in [0.3, 0.4) is 0 Å². The summed E-state index contributed by atoms with van der Waals surface area (Å²) >= 11 is 0. The number of aryl methyl sites for hydroxylation is 1. The van der Waals surface area contributed by atoms with Gasteiger partial charge in [0.15, 0.2) is 0 Å². The van der Waals surface area contributed by atoms with Gasteiger partial charge in [0, 0.05) is 6.54 Å². The Morgan fingerprint density at radius 1 is 0.950 bits per heavy atom. The summed E-state index contributed by atoms with van der Waals surface area (Å²) in [6.45, 7) is 0.554. The van der Waals surface area contributed by atoms with Crippen molar-refractivity contribution >= 4 is 11.8 Å². The van der Waals surface area contributed by atoms with Crippen molar-refractivity contribution < 1.29 is 9.59 Å². The Bertz CT molecular complexity index is 407. The quantitative estimate of drug-likeness (QED) is 0.578. The Morgan fingerprint density at radius 2 is 1.70 bits per heavy atom. The molecule has 5 nitrogen and oxygen atoms in total. The molecule has 0 radical (unpaired) electrons. The maximum atomic E-state index is 11.4. The maximum absolute atomic E-state index is 11.4. The zero-order valence-corrected chi connectivity index (χ0v) is 11.7. The van der Waals surface area contributed by atoms with E-state index in [-0.39, 0.29) is 24.9 Å². The summed E-state index contributed by atoms with van der Waals surface area (Å²) in [5.74, 6) is -0.488. The number of hydrogen-bond acceptors (Lipinski definition) is 3. The molecule has 2 amide bonds. The lowest BCUT2D eigenvalue weighted by molar-refractivity contribution is -0.125. The van der Waals surface area contributed by atoms with Crippen LogP contribution in [0.4, 0.5) is 0 Å². The monoisotopic (exact) mass is 277 g/mol. The lowest BCUT2D eigenvalue weighted by Crippen LogP contribution is -2.39. The largest absolute Gasteiger partial charge is 0.355 e. The molecule has 0 aliphatic rings. The SMILES string of the molecule is NCC(=O)NCC(=O)NCCCCCc1ccccc1. The van der Waals surface area contributed by atoms with E-state index in [4.69, 9.17) is 5.73 Å². The molecule has 0 unspecified atom stereocenters. The number of amides is 2. The summed E-state index contributed by atoms with van der Waals surface area (Å²) in [6.07, 6.45) is 4.21. The zero-order valence-electron chi connectivity index (χ0n) is 11.7. The third-order valence-corrected chi connectivity index (χ3v) is 2.94. The Kier molecular flexibility index (Phi) is 8.07. The molecule has 0 saturated carbocycles. The highest BCUT2D eigenvalue weighted by atomic mass is 16.2. The number of nitrogens with two attached hydrogens (primary N) is 1. The lowest BCUT2D eigenvalue weighted by Gasteiger charge is -2.06. The highest BCUT2D eigenvalue weighted by Gasteiger charge is 2.02. The first kappa shape index (κ1) is 16.2. The van der Waals surface area contributed by atoms with Gasteiger partial charge in [0.25, 0.3) is 0 Å². The number of unbranched alkanes of at least 4 members (excludes halogenated alkanes) is 2. The van der Waals surface area contributed by atoms with Gasteiger partial charge >= 0.3 is 0 Å². The fourth-order valence-electron chi connectivity index (χ4n) is 1.82. The van der Waals surface area contributed by atoms with Crippen LogP contribution in [0.15, 0.2) is 30.3 Å². The molecule has 1 aromatic carbocycles. The summed E-state index contributed by atoms with van der Waals surface area (Å²) in [4.78, 5) is 22.2. The minimum atomic E-state index is -0.317. The van der Waals surface area contributed by atoms with Gasteiger partial charge in [-0.1, -0.05) is 36.8 Å². The molecule has 1 aromatic rings. The topological polar surface area (TPSA) is 84.2 Å². The third kappa shape index (κ3) is 7.53. The highest BCUT2D eigenvalue weighted by molar-refractivity contribution is 5.85. The number of nitrogens with one attached hydrogen (secondary N) is 2. The molecule has 5 heteroatoms. The summed E-state index contributed by atoms with van der Waals surface area (Å²) in [5, 5.41) is 5.20. The first-order valence-corrected chi connectivity index (χ1v) is 6.99. The van der Waals surface area contributed by atoms with Crippen molar-refractivity contribution in [2.24, 2.45) is 5.73 Å². The molecule has 20 heavy (non-hydrogen) atoms. The van der Waals surface area contributed by atoms with E-state index >= 15 is 0 Å². The molecule has 0 saturated heterocycles. The van der Waals surface area contributed by atoms with Gasteiger partial charge in [-0.15, -0.1) is 0 Å². The molecule has 0 bridgehead atoms. The molecule has 0 fully saturated rings. The van der Waals surface area contributed by atoms with Gasteiger partial charge in [-0.2, -0.15) is 0 Å². The van der Waals surface area contributed by atoms with Crippen LogP contribution in [0.1, 0.15) is 24.8 Å². The number of hydrogen-bond donors (Lipinski definition) is 3. The van der Waals surface area contributed by atoms with Crippen LogP contribution < -0.4 is 16.4 Å². The average molecular weight is 277 g/mol. The predicted octanol–water partition coefficient (Wildman–Crippen LogP) is 0.591. The van der Waals surface area contributed by atoms with E-state index in [2.05, 4.69) is 22.8 Å². The third-order valence-electron chi connectivity index (χ3n) is 2.94. The van der Waals surface area contributed by atoms with Gasteiger partial charge < -0.3 is 16.4 Å². The lowest BCUT2D eigenvalue weighted by atomic mass is 10.1. The van der Waals surface area contributed by atoms with E-state index in [0.29, 0.717) is 6.54 Å². The number of benzene rings is 1.